The molecule has 0 fully saturated rings. The molecule has 0 aliphatic carbocycles. The van der Waals surface area contributed by atoms with Crippen LogP contribution in [0.15, 0.2) is 60.8 Å². The summed E-state index contributed by atoms with van der Waals surface area (Å²) in [7, 11) is 0. The Labute approximate surface area is 141 Å². The summed E-state index contributed by atoms with van der Waals surface area (Å²) >= 11 is 0. The molecule has 0 atom stereocenters. The maximum absolute atomic E-state index is 11.3. The van der Waals surface area contributed by atoms with Gasteiger partial charge in [0.15, 0.2) is 0 Å². The monoisotopic (exact) mass is 320 g/mol. The lowest BCUT2D eigenvalue weighted by Crippen LogP contribution is -2.02. The van der Waals surface area contributed by atoms with Crippen molar-refractivity contribution in [3.63, 3.8) is 0 Å². The molecule has 0 amide bonds. The van der Waals surface area contributed by atoms with Crippen molar-refractivity contribution in [2.45, 2.75) is 26.3 Å². The highest BCUT2D eigenvalue weighted by molar-refractivity contribution is 5.95. The third-order valence-corrected chi connectivity index (χ3v) is 3.97. The molecule has 0 aliphatic heterocycles. The van der Waals surface area contributed by atoms with Crippen LogP contribution in [0.1, 0.15) is 35.0 Å². The number of hydrogen-bond donors (Lipinski definition) is 1. The SMILES string of the molecule is CCCc1ccn(Cc2ccc(-c3ccccc3C(=O)O)cc2)n1. The van der Waals surface area contributed by atoms with Crippen molar-refractivity contribution in [2.75, 3.05) is 0 Å². The highest BCUT2D eigenvalue weighted by Gasteiger charge is 2.10. The van der Waals surface area contributed by atoms with E-state index in [1.54, 1.807) is 12.1 Å². The second-order valence-electron chi connectivity index (χ2n) is 5.80. The van der Waals surface area contributed by atoms with Gasteiger partial charge in [0, 0.05) is 6.20 Å². The number of aryl methyl sites for hydroxylation is 1. The molecule has 0 aliphatic rings. The Morgan fingerprint density at radius 1 is 1.08 bits per heavy atom. The van der Waals surface area contributed by atoms with Crippen LogP contribution in [-0.4, -0.2) is 20.9 Å². The summed E-state index contributed by atoms with van der Waals surface area (Å²) in [4.78, 5) is 11.3. The average Bonchev–Trinajstić information content (AvgIpc) is 3.03. The first-order valence-corrected chi connectivity index (χ1v) is 8.11. The van der Waals surface area contributed by atoms with Crippen LogP contribution in [-0.2, 0) is 13.0 Å². The highest BCUT2D eigenvalue weighted by Crippen LogP contribution is 2.24. The number of rotatable bonds is 6. The number of nitrogens with zero attached hydrogens (tertiary/aromatic N) is 2. The van der Waals surface area contributed by atoms with Crippen molar-refractivity contribution in [3.8, 4) is 11.1 Å². The Morgan fingerprint density at radius 3 is 2.54 bits per heavy atom. The van der Waals surface area contributed by atoms with Gasteiger partial charge in [-0.15, -0.1) is 0 Å². The number of carbonyl (C=O) groups is 1. The van der Waals surface area contributed by atoms with Gasteiger partial charge in [-0.05, 0) is 35.2 Å². The predicted molar refractivity (Wildman–Crippen MR) is 94.2 cm³/mol. The smallest absolute Gasteiger partial charge is 0.336 e. The molecule has 1 aromatic heterocycles. The van der Waals surface area contributed by atoms with Crippen LogP contribution in [0.2, 0.25) is 0 Å². The highest BCUT2D eigenvalue weighted by atomic mass is 16.4. The number of carboxylic acid groups (broad SMARTS) is 1. The summed E-state index contributed by atoms with van der Waals surface area (Å²) in [6.45, 7) is 2.86. The Hall–Kier alpha value is -2.88. The van der Waals surface area contributed by atoms with Crippen molar-refractivity contribution in [2.24, 2.45) is 0 Å². The Bertz CT molecular complexity index is 835. The van der Waals surface area contributed by atoms with E-state index in [-0.39, 0.29) is 0 Å². The molecule has 0 spiro atoms. The van der Waals surface area contributed by atoms with Gasteiger partial charge in [0.05, 0.1) is 17.8 Å². The molecule has 3 rings (SSSR count). The van der Waals surface area contributed by atoms with Gasteiger partial charge in [0.2, 0.25) is 0 Å². The van der Waals surface area contributed by atoms with E-state index in [4.69, 9.17) is 0 Å². The lowest BCUT2D eigenvalue weighted by molar-refractivity contribution is 0.0697. The van der Waals surface area contributed by atoms with E-state index in [0.717, 1.165) is 35.2 Å². The molecular formula is C20H20N2O2. The van der Waals surface area contributed by atoms with E-state index < -0.39 is 5.97 Å². The zero-order valence-corrected chi connectivity index (χ0v) is 13.6. The van der Waals surface area contributed by atoms with Crippen LogP contribution in [0.25, 0.3) is 11.1 Å². The van der Waals surface area contributed by atoms with Gasteiger partial charge in [0.25, 0.3) is 0 Å². The summed E-state index contributed by atoms with van der Waals surface area (Å²) in [6, 6.07) is 17.1. The summed E-state index contributed by atoms with van der Waals surface area (Å²) in [5.41, 5.74) is 4.22. The average molecular weight is 320 g/mol. The summed E-state index contributed by atoms with van der Waals surface area (Å²) in [5.74, 6) is -0.908. The van der Waals surface area contributed by atoms with Crippen LogP contribution >= 0.6 is 0 Å². The van der Waals surface area contributed by atoms with Crippen molar-refractivity contribution in [1.82, 2.24) is 9.78 Å². The number of carboxylic acids is 1. The molecule has 1 heterocycles. The molecule has 0 saturated carbocycles. The molecule has 24 heavy (non-hydrogen) atoms. The minimum absolute atomic E-state index is 0.321. The second kappa shape index (κ2) is 7.13. The quantitative estimate of drug-likeness (QED) is 0.738. The van der Waals surface area contributed by atoms with Crippen molar-refractivity contribution in [3.05, 3.63) is 77.6 Å². The van der Waals surface area contributed by atoms with E-state index in [1.165, 1.54) is 0 Å². The summed E-state index contributed by atoms with van der Waals surface area (Å²) in [6.07, 6.45) is 4.09. The summed E-state index contributed by atoms with van der Waals surface area (Å²) in [5, 5.41) is 13.9. The first-order valence-electron chi connectivity index (χ1n) is 8.11. The fraction of sp³-hybridized carbons (Fsp3) is 0.200. The minimum Gasteiger partial charge on any atom is -0.478 e. The van der Waals surface area contributed by atoms with Gasteiger partial charge in [-0.1, -0.05) is 55.8 Å². The van der Waals surface area contributed by atoms with Crippen molar-refractivity contribution >= 4 is 5.97 Å². The van der Waals surface area contributed by atoms with Gasteiger partial charge in [-0.2, -0.15) is 5.10 Å². The maximum Gasteiger partial charge on any atom is 0.336 e. The molecule has 2 aromatic carbocycles. The third-order valence-electron chi connectivity index (χ3n) is 3.97. The fourth-order valence-electron chi connectivity index (χ4n) is 2.78. The van der Waals surface area contributed by atoms with Gasteiger partial charge in [0.1, 0.15) is 0 Å². The largest absolute Gasteiger partial charge is 0.478 e. The third kappa shape index (κ3) is 3.54. The van der Waals surface area contributed by atoms with Crippen LogP contribution in [0.5, 0.6) is 0 Å². The molecule has 0 saturated heterocycles. The van der Waals surface area contributed by atoms with Gasteiger partial charge >= 0.3 is 5.97 Å². The molecular weight excluding hydrogens is 300 g/mol. The Morgan fingerprint density at radius 2 is 1.83 bits per heavy atom. The first-order chi connectivity index (χ1) is 11.7. The van der Waals surface area contributed by atoms with Crippen LogP contribution < -0.4 is 0 Å². The number of aromatic carboxylic acids is 1. The topological polar surface area (TPSA) is 55.1 Å². The van der Waals surface area contributed by atoms with Crippen molar-refractivity contribution in [1.29, 1.82) is 0 Å². The standard InChI is InChI=1S/C20H20N2O2/c1-2-5-17-12-13-22(21-17)14-15-8-10-16(11-9-15)18-6-3-4-7-19(18)20(23)24/h3-4,6-13H,2,5,14H2,1H3,(H,23,24). The number of aromatic nitrogens is 2. The van der Waals surface area contributed by atoms with Crippen LogP contribution in [0.4, 0.5) is 0 Å². The molecule has 0 radical (unpaired) electrons. The van der Waals surface area contributed by atoms with Crippen molar-refractivity contribution < 1.29 is 9.90 Å². The molecule has 4 nitrogen and oxygen atoms in total. The van der Waals surface area contributed by atoms with Crippen LogP contribution in [0, 0.1) is 0 Å². The van der Waals surface area contributed by atoms with E-state index >= 15 is 0 Å². The molecule has 0 unspecified atom stereocenters. The van der Waals surface area contributed by atoms with E-state index in [1.807, 2.05) is 47.3 Å². The van der Waals surface area contributed by atoms with E-state index in [9.17, 15) is 9.90 Å². The molecule has 0 bridgehead atoms. The minimum atomic E-state index is -0.908. The molecule has 1 N–H and O–H groups in total. The summed E-state index contributed by atoms with van der Waals surface area (Å²) < 4.78 is 1.94. The lowest BCUT2D eigenvalue weighted by Gasteiger charge is -2.08. The zero-order chi connectivity index (χ0) is 16.9. The van der Waals surface area contributed by atoms with E-state index in [2.05, 4.69) is 18.1 Å². The normalized spacial score (nSPS) is 10.7. The zero-order valence-electron chi connectivity index (χ0n) is 13.6. The number of hydrogen-bond acceptors (Lipinski definition) is 2. The lowest BCUT2D eigenvalue weighted by atomic mass is 9.99. The Kier molecular flexibility index (Phi) is 4.75. The Balaban J connectivity index is 1.79. The second-order valence-corrected chi connectivity index (χ2v) is 5.80. The predicted octanol–water partition coefficient (Wildman–Crippen LogP) is 4.25. The van der Waals surface area contributed by atoms with Crippen LogP contribution in [0.3, 0.4) is 0 Å². The maximum atomic E-state index is 11.3. The van der Waals surface area contributed by atoms with Gasteiger partial charge in [-0.25, -0.2) is 4.79 Å². The first kappa shape index (κ1) is 16.0. The number of benzene rings is 2. The van der Waals surface area contributed by atoms with Gasteiger partial charge in [-0.3, -0.25) is 4.68 Å². The fourth-order valence-corrected chi connectivity index (χ4v) is 2.78. The van der Waals surface area contributed by atoms with E-state index in [0.29, 0.717) is 12.1 Å². The molecule has 3 aromatic rings. The van der Waals surface area contributed by atoms with Gasteiger partial charge < -0.3 is 5.11 Å². The molecule has 122 valence electrons. The molecule has 4 heteroatoms.